The molecule has 0 fully saturated rings. The standard InChI is InChI=1S/C26H28N6O2S/c1-5-31-17-15-29(3)25(31)23(33)27-19-7-11-21(12-8-19)35-22-13-9-20(10-14-22)28-24(34)26-30(4)16-18-32(26)6-2/h7-18H,5-6H2,1-4H3. The molecule has 2 aromatic heterocycles. The van der Waals surface area contributed by atoms with Crippen LogP contribution in [0.3, 0.4) is 0 Å². The minimum absolute atomic E-state index is 0.270. The Labute approximate surface area is 209 Å². The quantitative estimate of drug-likeness (QED) is 0.216. The first-order valence-electron chi connectivity index (χ1n) is 11.4. The lowest BCUT2D eigenvalue weighted by atomic mass is 10.3. The molecule has 0 saturated heterocycles. The minimum atomic E-state index is -0.270. The van der Waals surface area contributed by atoms with Crippen LogP contribution in [-0.2, 0) is 27.2 Å². The molecule has 8 nitrogen and oxygen atoms in total. The SMILES string of the molecule is CCn1cc[n+](C)c1C([O-])=Nc1ccc(Sc2ccc(N=C([O-])c3n(CC)cc[n+]3C)cc2)cc1. The van der Waals surface area contributed by atoms with Gasteiger partial charge in [0.1, 0.15) is 24.8 Å². The van der Waals surface area contributed by atoms with Crippen LogP contribution in [0.4, 0.5) is 11.4 Å². The van der Waals surface area contributed by atoms with Crippen LogP contribution in [0.5, 0.6) is 0 Å². The topological polar surface area (TPSA) is 88.5 Å². The molecule has 9 heteroatoms. The van der Waals surface area contributed by atoms with Crippen molar-refractivity contribution in [2.75, 3.05) is 0 Å². The molecule has 2 aromatic carbocycles. The number of benzene rings is 2. The molecule has 0 aliphatic carbocycles. The molecule has 0 aliphatic heterocycles. The highest BCUT2D eigenvalue weighted by Crippen LogP contribution is 2.30. The second kappa shape index (κ2) is 10.6. The lowest BCUT2D eigenvalue weighted by Gasteiger charge is -2.09. The Bertz CT molecular complexity index is 1260. The third-order valence-electron chi connectivity index (χ3n) is 5.59. The highest BCUT2D eigenvalue weighted by Gasteiger charge is 2.14. The van der Waals surface area contributed by atoms with E-state index in [1.165, 1.54) is 0 Å². The fourth-order valence-electron chi connectivity index (χ4n) is 3.75. The lowest BCUT2D eigenvalue weighted by molar-refractivity contribution is -0.674. The first-order chi connectivity index (χ1) is 16.9. The molecule has 0 spiro atoms. The summed E-state index contributed by atoms with van der Waals surface area (Å²) in [6, 6.07) is 15.1. The van der Waals surface area contributed by atoms with Crippen LogP contribution >= 0.6 is 11.8 Å². The molecular formula is C26H28N6O2S. The minimum Gasteiger partial charge on any atom is -0.853 e. The summed E-state index contributed by atoms with van der Waals surface area (Å²) < 4.78 is 7.32. The molecule has 4 rings (SSSR count). The zero-order chi connectivity index (χ0) is 24.9. The van der Waals surface area contributed by atoms with E-state index in [1.807, 2.05) is 110 Å². The molecule has 4 aromatic rings. The molecule has 0 amide bonds. The fourth-order valence-corrected chi connectivity index (χ4v) is 4.57. The molecule has 2 heterocycles. The summed E-state index contributed by atoms with van der Waals surface area (Å²) in [5.41, 5.74) is 1.22. The van der Waals surface area contributed by atoms with Gasteiger partial charge in [-0.05, 0) is 62.4 Å². The van der Waals surface area contributed by atoms with E-state index in [0.717, 1.165) is 9.79 Å². The smallest absolute Gasteiger partial charge is 0.292 e. The van der Waals surface area contributed by atoms with Crippen LogP contribution in [0.25, 0.3) is 0 Å². The van der Waals surface area contributed by atoms with Crippen LogP contribution in [0.2, 0.25) is 0 Å². The molecule has 0 atom stereocenters. The van der Waals surface area contributed by atoms with Crippen molar-refractivity contribution in [3.8, 4) is 0 Å². The lowest BCUT2D eigenvalue weighted by Crippen LogP contribution is -2.40. The number of aryl methyl sites for hydroxylation is 4. The number of aliphatic imine (C=N–C) groups is 2. The molecule has 0 saturated carbocycles. The van der Waals surface area contributed by atoms with E-state index in [4.69, 9.17) is 0 Å². The largest absolute Gasteiger partial charge is 0.853 e. The summed E-state index contributed by atoms with van der Waals surface area (Å²) in [6.07, 6.45) is 7.45. The number of nitrogens with zero attached hydrogens (tertiary/aromatic N) is 6. The molecule has 0 unspecified atom stereocenters. The van der Waals surface area contributed by atoms with Crippen molar-refractivity contribution in [2.45, 2.75) is 36.7 Å². The summed E-state index contributed by atoms with van der Waals surface area (Å²) in [7, 11) is 3.68. The van der Waals surface area contributed by atoms with E-state index in [1.54, 1.807) is 20.9 Å². The van der Waals surface area contributed by atoms with Crippen LogP contribution in [0.15, 0.2) is 93.1 Å². The maximum atomic E-state index is 12.6. The van der Waals surface area contributed by atoms with E-state index in [-0.39, 0.29) is 11.8 Å². The van der Waals surface area contributed by atoms with E-state index < -0.39 is 0 Å². The zero-order valence-corrected chi connectivity index (χ0v) is 21.1. The number of hydrogen-bond donors (Lipinski definition) is 0. The van der Waals surface area contributed by atoms with Gasteiger partial charge in [0.05, 0.1) is 50.4 Å². The van der Waals surface area contributed by atoms with Crippen LogP contribution in [0.1, 0.15) is 25.5 Å². The predicted octanol–water partition coefficient (Wildman–Crippen LogP) is 2.01. The highest BCUT2D eigenvalue weighted by molar-refractivity contribution is 7.99. The predicted molar refractivity (Wildman–Crippen MR) is 132 cm³/mol. The monoisotopic (exact) mass is 488 g/mol. The van der Waals surface area contributed by atoms with E-state index >= 15 is 0 Å². The van der Waals surface area contributed by atoms with Gasteiger partial charge in [-0.2, -0.15) is 0 Å². The van der Waals surface area contributed by atoms with Gasteiger partial charge in [-0.3, -0.25) is 9.98 Å². The summed E-state index contributed by atoms with van der Waals surface area (Å²) in [5, 5.41) is 25.3. The summed E-state index contributed by atoms with van der Waals surface area (Å²) in [5.74, 6) is 0.556. The molecule has 180 valence electrons. The number of hydrogen-bond acceptors (Lipinski definition) is 5. The van der Waals surface area contributed by atoms with Crippen LogP contribution in [-0.4, -0.2) is 20.9 Å². The first kappa shape index (κ1) is 24.3. The zero-order valence-electron chi connectivity index (χ0n) is 20.3. The third-order valence-corrected chi connectivity index (χ3v) is 6.60. The van der Waals surface area contributed by atoms with Gasteiger partial charge in [0.2, 0.25) is 0 Å². The summed E-state index contributed by atoms with van der Waals surface area (Å²) >= 11 is 1.59. The van der Waals surface area contributed by atoms with Crippen molar-refractivity contribution in [1.29, 1.82) is 0 Å². The second-order valence-corrected chi connectivity index (χ2v) is 9.11. The highest BCUT2D eigenvalue weighted by atomic mass is 32.2. The van der Waals surface area contributed by atoms with Gasteiger partial charge in [-0.1, -0.05) is 11.8 Å². The Morgan fingerprint density at radius 3 is 1.43 bits per heavy atom. The van der Waals surface area contributed by atoms with Gasteiger partial charge in [0, 0.05) is 9.79 Å². The van der Waals surface area contributed by atoms with Gasteiger partial charge in [0.15, 0.2) is 0 Å². The van der Waals surface area contributed by atoms with Gasteiger partial charge in [-0.15, -0.1) is 0 Å². The van der Waals surface area contributed by atoms with Crippen molar-refractivity contribution in [2.24, 2.45) is 24.1 Å². The summed E-state index contributed by atoms with van der Waals surface area (Å²) in [6.45, 7) is 5.40. The average Bonchev–Trinajstić information content (AvgIpc) is 3.43. The Morgan fingerprint density at radius 1 is 0.714 bits per heavy atom. The number of aromatic nitrogens is 4. The third kappa shape index (κ3) is 5.46. The normalized spacial score (nSPS) is 12.3. The Kier molecular flexibility index (Phi) is 7.36. The van der Waals surface area contributed by atoms with E-state index in [0.29, 0.717) is 36.1 Å². The Morgan fingerprint density at radius 2 is 1.09 bits per heavy atom. The Balaban J connectivity index is 1.45. The number of rotatable bonds is 8. The second-order valence-electron chi connectivity index (χ2n) is 7.96. The van der Waals surface area contributed by atoms with Crippen LogP contribution < -0.4 is 19.3 Å². The van der Waals surface area contributed by atoms with Crippen LogP contribution in [0, 0.1) is 0 Å². The van der Waals surface area contributed by atoms with Crippen molar-refractivity contribution in [3.63, 3.8) is 0 Å². The number of imidazole rings is 2. The molecule has 35 heavy (non-hydrogen) atoms. The van der Waals surface area contributed by atoms with Crippen molar-refractivity contribution < 1.29 is 19.3 Å². The van der Waals surface area contributed by atoms with Gasteiger partial charge >= 0.3 is 0 Å². The van der Waals surface area contributed by atoms with Crippen molar-refractivity contribution >= 4 is 34.9 Å². The molecule has 0 bridgehead atoms. The maximum Gasteiger partial charge on any atom is 0.292 e. The maximum absolute atomic E-state index is 12.6. The van der Waals surface area contributed by atoms with Crippen molar-refractivity contribution in [1.82, 2.24) is 9.13 Å². The first-order valence-corrected chi connectivity index (χ1v) is 12.2. The van der Waals surface area contributed by atoms with E-state index in [2.05, 4.69) is 9.98 Å². The fraction of sp³-hybridized carbons (Fsp3) is 0.231. The van der Waals surface area contributed by atoms with Crippen molar-refractivity contribution in [3.05, 3.63) is 85.0 Å². The average molecular weight is 489 g/mol. The molecular weight excluding hydrogens is 460 g/mol. The van der Waals surface area contributed by atoms with E-state index in [9.17, 15) is 10.2 Å². The Hall–Kier alpha value is -3.85. The molecule has 0 N–H and O–H groups in total. The molecule has 0 aliphatic rings. The summed E-state index contributed by atoms with van der Waals surface area (Å²) in [4.78, 5) is 10.6. The van der Waals surface area contributed by atoms with Gasteiger partial charge < -0.3 is 10.2 Å². The van der Waals surface area contributed by atoms with Gasteiger partial charge in [0.25, 0.3) is 11.6 Å². The van der Waals surface area contributed by atoms with Gasteiger partial charge in [-0.25, -0.2) is 18.3 Å². The molecule has 0 radical (unpaired) electrons.